The summed E-state index contributed by atoms with van der Waals surface area (Å²) in [5, 5.41) is 10.7. The number of carbonyl (C=O) groups is 1. The number of halogens is 4. The zero-order chi connectivity index (χ0) is 23.5. The van der Waals surface area contributed by atoms with Gasteiger partial charge < -0.3 is 14.9 Å². The van der Waals surface area contributed by atoms with E-state index in [0.717, 1.165) is 31.9 Å². The molecule has 1 N–H and O–H groups in total. The fourth-order valence-electron chi connectivity index (χ4n) is 4.02. The van der Waals surface area contributed by atoms with Crippen molar-refractivity contribution in [2.24, 2.45) is 0 Å². The second kappa shape index (κ2) is 10.5. The number of β-amino-alcohol motifs (C(OH)–C–C–N with tert-alkyl or cyclic N) is 1. The van der Waals surface area contributed by atoms with Crippen LogP contribution in [0.3, 0.4) is 0 Å². The topological polar surface area (TPSA) is 43.8 Å². The van der Waals surface area contributed by atoms with Crippen LogP contribution in [0.15, 0.2) is 30.3 Å². The van der Waals surface area contributed by atoms with Crippen molar-refractivity contribution in [3.63, 3.8) is 0 Å². The van der Waals surface area contributed by atoms with E-state index in [1.54, 1.807) is 6.07 Å². The molecular weight excluding hydrogens is 532 g/mol. The Kier molecular flexibility index (Phi) is 8.21. The third-order valence-electron chi connectivity index (χ3n) is 5.81. The maximum atomic E-state index is 14.6. The SMILES string of the molecule is CN(C)CCCCCC1(O)CN(C(=O)c2ccc(F)c(F)c2Cc2ccc(I)cc2F)C1. The van der Waals surface area contributed by atoms with Crippen molar-refractivity contribution < 1.29 is 23.1 Å². The summed E-state index contributed by atoms with van der Waals surface area (Å²) in [5.41, 5.74) is -0.944. The molecule has 1 saturated heterocycles. The van der Waals surface area contributed by atoms with E-state index in [1.165, 1.54) is 23.1 Å². The first-order valence-electron chi connectivity index (χ1n) is 10.7. The van der Waals surface area contributed by atoms with E-state index in [1.807, 2.05) is 36.7 Å². The highest BCUT2D eigenvalue weighted by Crippen LogP contribution is 2.30. The summed E-state index contributed by atoms with van der Waals surface area (Å²) in [6.45, 7) is 1.29. The van der Waals surface area contributed by atoms with Gasteiger partial charge in [-0.15, -0.1) is 0 Å². The van der Waals surface area contributed by atoms with Crippen molar-refractivity contribution in [3.8, 4) is 0 Å². The Hall–Kier alpha value is -1.65. The van der Waals surface area contributed by atoms with E-state index in [9.17, 15) is 23.1 Å². The van der Waals surface area contributed by atoms with Gasteiger partial charge in [0, 0.05) is 21.1 Å². The first-order valence-corrected chi connectivity index (χ1v) is 11.7. The monoisotopic (exact) mass is 560 g/mol. The molecule has 0 aromatic heterocycles. The number of aliphatic hydroxyl groups is 1. The van der Waals surface area contributed by atoms with Gasteiger partial charge in [-0.1, -0.05) is 18.9 Å². The molecule has 0 aliphatic carbocycles. The smallest absolute Gasteiger partial charge is 0.254 e. The van der Waals surface area contributed by atoms with Gasteiger partial charge in [-0.2, -0.15) is 0 Å². The van der Waals surface area contributed by atoms with Gasteiger partial charge in [0.2, 0.25) is 0 Å². The van der Waals surface area contributed by atoms with Gasteiger partial charge in [-0.25, -0.2) is 13.2 Å². The zero-order valence-corrected chi connectivity index (χ0v) is 20.5. The van der Waals surface area contributed by atoms with Crippen LogP contribution < -0.4 is 0 Å². The zero-order valence-electron chi connectivity index (χ0n) is 18.3. The minimum atomic E-state index is -1.15. The average Bonchev–Trinajstić information content (AvgIpc) is 2.70. The maximum Gasteiger partial charge on any atom is 0.254 e. The summed E-state index contributed by atoms with van der Waals surface area (Å²) in [5.74, 6) is -3.25. The van der Waals surface area contributed by atoms with Crippen LogP contribution in [0.5, 0.6) is 0 Å². The van der Waals surface area contributed by atoms with Crippen LogP contribution in [-0.2, 0) is 6.42 Å². The van der Waals surface area contributed by atoms with Crippen LogP contribution in [0, 0.1) is 21.0 Å². The minimum absolute atomic E-state index is 0.00474. The largest absolute Gasteiger partial charge is 0.386 e. The normalized spacial score (nSPS) is 15.2. The van der Waals surface area contributed by atoms with Crippen molar-refractivity contribution >= 4 is 28.5 Å². The lowest BCUT2D eigenvalue weighted by atomic mass is 9.87. The molecule has 174 valence electrons. The molecule has 4 nitrogen and oxygen atoms in total. The Balaban J connectivity index is 1.68. The van der Waals surface area contributed by atoms with Crippen molar-refractivity contribution in [3.05, 3.63) is 68.0 Å². The number of likely N-dealkylation sites (tertiary alicyclic amines) is 1. The molecule has 0 radical (unpaired) electrons. The Morgan fingerprint density at radius 3 is 2.47 bits per heavy atom. The van der Waals surface area contributed by atoms with Gasteiger partial charge in [-0.05, 0) is 85.9 Å². The molecule has 32 heavy (non-hydrogen) atoms. The number of carbonyl (C=O) groups excluding carboxylic acids is 1. The Labute approximate surface area is 200 Å². The molecule has 1 aliphatic heterocycles. The molecule has 0 spiro atoms. The molecule has 2 aromatic rings. The summed E-state index contributed by atoms with van der Waals surface area (Å²) < 4.78 is 43.5. The highest BCUT2D eigenvalue weighted by atomic mass is 127. The molecule has 0 bridgehead atoms. The standard InChI is InChI=1S/C24H28F3IN2O2/c1-29(2)11-5-3-4-10-24(32)14-30(15-24)23(31)18-8-9-20(25)22(27)19(18)12-16-6-7-17(28)13-21(16)26/h6-9,13,32H,3-5,10-12,14-15H2,1-2H3. The predicted molar refractivity (Wildman–Crippen MR) is 126 cm³/mol. The number of benzene rings is 2. The number of rotatable bonds is 9. The Bertz CT molecular complexity index is 978. The lowest BCUT2D eigenvalue weighted by Crippen LogP contribution is -2.63. The van der Waals surface area contributed by atoms with Crippen LogP contribution in [0.1, 0.15) is 47.2 Å². The fourth-order valence-corrected chi connectivity index (χ4v) is 4.47. The summed E-state index contributed by atoms with van der Waals surface area (Å²) in [4.78, 5) is 16.5. The van der Waals surface area contributed by atoms with Gasteiger partial charge in [0.1, 0.15) is 5.82 Å². The summed E-state index contributed by atoms with van der Waals surface area (Å²) >= 11 is 1.96. The second-order valence-corrected chi connectivity index (χ2v) is 10.0. The highest BCUT2D eigenvalue weighted by molar-refractivity contribution is 14.1. The van der Waals surface area contributed by atoms with Crippen molar-refractivity contribution in [1.82, 2.24) is 9.80 Å². The quantitative estimate of drug-likeness (QED) is 0.360. The average molecular weight is 560 g/mol. The molecule has 1 heterocycles. The van der Waals surface area contributed by atoms with E-state index in [-0.39, 0.29) is 36.2 Å². The molecule has 0 unspecified atom stereocenters. The van der Waals surface area contributed by atoms with Gasteiger partial charge in [-0.3, -0.25) is 4.79 Å². The minimum Gasteiger partial charge on any atom is -0.386 e. The first-order chi connectivity index (χ1) is 15.1. The van der Waals surface area contributed by atoms with E-state index in [0.29, 0.717) is 9.99 Å². The van der Waals surface area contributed by atoms with E-state index in [4.69, 9.17) is 0 Å². The second-order valence-electron chi connectivity index (χ2n) is 8.80. The third-order valence-corrected chi connectivity index (χ3v) is 6.48. The van der Waals surface area contributed by atoms with E-state index >= 15 is 0 Å². The van der Waals surface area contributed by atoms with Crippen LogP contribution >= 0.6 is 22.6 Å². The van der Waals surface area contributed by atoms with Gasteiger partial charge in [0.05, 0.1) is 18.7 Å². The molecular formula is C24H28F3IN2O2. The summed E-state index contributed by atoms with van der Waals surface area (Å²) in [7, 11) is 4.03. The van der Waals surface area contributed by atoms with E-state index < -0.39 is 29.0 Å². The van der Waals surface area contributed by atoms with Gasteiger partial charge in [0.15, 0.2) is 11.6 Å². The lowest BCUT2D eigenvalue weighted by Gasteiger charge is -2.47. The van der Waals surface area contributed by atoms with Crippen LogP contribution in [0.25, 0.3) is 0 Å². The summed E-state index contributed by atoms with van der Waals surface area (Å²) in [6.07, 6.45) is 3.23. The molecule has 3 rings (SSSR count). The van der Waals surface area contributed by atoms with E-state index in [2.05, 4.69) is 4.90 Å². The molecule has 2 aromatic carbocycles. The third kappa shape index (κ3) is 6.02. The maximum absolute atomic E-state index is 14.6. The van der Waals surface area contributed by atoms with Gasteiger partial charge in [0.25, 0.3) is 5.91 Å². The summed E-state index contributed by atoms with van der Waals surface area (Å²) in [6, 6.07) is 6.63. The van der Waals surface area contributed by atoms with Gasteiger partial charge >= 0.3 is 0 Å². The lowest BCUT2D eigenvalue weighted by molar-refractivity contribution is -0.0870. The highest BCUT2D eigenvalue weighted by Gasteiger charge is 2.43. The number of nitrogens with zero attached hydrogens (tertiary/aromatic N) is 2. The molecule has 1 aliphatic rings. The molecule has 1 amide bonds. The fraction of sp³-hybridized carbons (Fsp3) is 0.458. The van der Waals surface area contributed by atoms with Crippen molar-refractivity contribution in [1.29, 1.82) is 0 Å². The molecule has 0 saturated carbocycles. The van der Waals surface area contributed by atoms with Crippen LogP contribution in [-0.4, -0.2) is 60.1 Å². The Morgan fingerprint density at radius 1 is 1.09 bits per heavy atom. The number of hydrogen-bond donors (Lipinski definition) is 1. The van der Waals surface area contributed by atoms with Crippen molar-refractivity contribution in [2.75, 3.05) is 33.7 Å². The molecule has 0 atom stereocenters. The number of hydrogen-bond acceptors (Lipinski definition) is 3. The van der Waals surface area contributed by atoms with Crippen LogP contribution in [0.2, 0.25) is 0 Å². The van der Waals surface area contributed by atoms with Crippen LogP contribution in [0.4, 0.5) is 13.2 Å². The van der Waals surface area contributed by atoms with Crippen molar-refractivity contribution in [2.45, 2.75) is 37.7 Å². The number of amides is 1. The molecule has 8 heteroatoms. The first kappa shape index (κ1) is 25.0. The Morgan fingerprint density at radius 2 is 1.81 bits per heavy atom. The number of unbranched alkanes of at least 4 members (excludes halogenated alkanes) is 2. The predicted octanol–water partition coefficient (Wildman–Crippen LogP) is 4.61. The molecule has 1 fully saturated rings.